The minimum atomic E-state index is 0.650. The molecule has 0 aromatic carbocycles. The highest BCUT2D eigenvalue weighted by atomic mass is 16.4. The highest BCUT2D eigenvalue weighted by molar-refractivity contribution is 5.31. The van der Waals surface area contributed by atoms with Crippen molar-refractivity contribution in [2.24, 2.45) is 0 Å². The predicted octanol–water partition coefficient (Wildman–Crippen LogP) is 0.425. The summed E-state index contributed by atoms with van der Waals surface area (Å²) in [5, 5.41) is 0. The van der Waals surface area contributed by atoms with E-state index in [-0.39, 0.29) is 0 Å². The molecule has 0 spiro atoms. The summed E-state index contributed by atoms with van der Waals surface area (Å²) in [5.74, 6) is 0. The summed E-state index contributed by atoms with van der Waals surface area (Å²) >= 11 is 0. The molecule has 66 valence electrons. The van der Waals surface area contributed by atoms with E-state index < -0.39 is 0 Å². The second-order valence-electron chi connectivity index (χ2n) is 3.34. The monoisotopic (exact) mass is 167 g/mol. The fourth-order valence-electron chi connectivity index (χ4n) is 1.31. The van der Waals surface area contributed by atoms with E-state index in [1.807, 2.05) is 0 Å². The van der Waals surface area contributed by atoms with E-state index in [4.69, 9.17) is 4.42 Å². The van der Waals surface area contributed by atoms with E-state index >= 15 is 0 Å². The lowest BCUT2D eigenvalue weighted by Crippen LogP contribution is -2.57. The first-order valence-electron chi connectivity index (χ1n) is 4.08. The van der Waals surface area contributed by atoms with E-state index in [0.29, 0.717) is 6.04 Å². The highest BCUT2D eigenvalue weighted by Gasteiger charge is 2.30. The van der Waals surface area contributed by atoms with Gasteiger partial charge >= 0.3 is 0 Å². The normalized spacial score (nSPS) is 18.4. The number of likely N-dealkylation sites (N-methyl/N-ethyl adjacent to an activating group) is 1. The molecule has 0 atom stereocenters. The van der Waals surface area contributed by atoms with E-state index in [1.54, 1.807) is 12.5 Å². The molecule has 0 N–H and O–H groups in total. The molecule has 12 heavy (non-hydrogen) atoms. The Morgan fingerprint density at radius 1 is 1.58 bits per heavy atom. The molecule has 2 heterocycles. The zero-order valence-electron chi connectivity index (χ0n) is 7.40. The van der Waals surface area contributed by atoms with Gasteiger partial charge in [-0.2, -0.15) is 0 Å². The van der Waals surface area contributed by atoms with Gasteiger partial charge in [-0.05, 0) is 14.1 Å². The number of rotatable bonds is 2. The van der Waals surface area contributed by atoms with Crippen molar-refractivity contribution in [1.82, 2.24) is 9.88 Å². The maximum Gasteiger partial charge on any atom is 0.297 e. The second-order valence-corrected chi connectivity index (χ2v) is 3.34. The summed E-state index contributed by atoms with van der Waals surface area (Å²) in [6, 6.07) is 1.39. The lowest BCUT2D eigenvalue weighted by Gasteiger charge is -2.41. The Balaban J connectivity index is 1.90. The molecule has 1 aliphatic rings. The summed E-state index contributed by atoms with van der Waals surface area (Å²) in [5.41, 5.74) is 0. The van der Waals surface area contributed by atoms with Gasteiger partial charge in [-0.3, -0.25) is 0 Å². The van der Waals surface area contributed by atoms with Gasteiger partial charge in [0.05, 0.1) is 6.20 Å². The van der Waals surface area contributed by atoms with Crippen LogP contribution in [0.1, 0.15) is 0 Å². The van der Waals surface area contributed by atoms with E-state index in [9.17, 15) is 0 Å². The van der Waals surface area contributed by atoms with Crippen molar-refractivity contribution >= 4 is 6.01 Å². The quantitative estimate of drug-likeness (QED) is 0.639. The molecule has 1 saturated heterocycles. The third kappa shape index (κ3) is 1.18. The summed E-state index contributed by atoms with van der Waals surface area (Å²) in [6.45, 7) is 2.04. The van der Waals surface area contributed by atoms with Crippen molar-refractivity contribution in [3.05, 3.63) is 12.5 Å². The van der Waals surface area contributed by atoms with Gasteiger partial charge in [-0.1, -0.05) is 0 Å². The topological polar surface area (TPSA) is 32.5 Å². The molecule has 0 bridgehead atoms. The van der Waals surface area contributed by atoms with Crippen LogP contribution in [-0.2, 0) is 0 Å². The van der Waals surface area contributed by atoms with Crippen molar-refractivity contribution in [2.75, 3.05) is 32.1 Å². The van der Waals surface area contributed by atoms with Crippen LogP contribution in [0.5, 0.6) is 0 Å². The molecule has 4 heteroatoms. The molecule has 0 saturated carbocycles. The third-order valence-electron chi connectivity index (χ3n) is 2.28. The van der Waals surface area contributed by atoms with Crippen LogP contribution in [0.15, 0.2) is 16.9 Å². The average molecular weight is 167 g/mol. The predicted molar refractivity (Wildman–Crippen MR) is 46.2 cm³/mol. The summed E-state index contributed by atoms with van der Waals surface area (Å²) in [6.07, 6.45) is 3.29. The van der Waals surface area contributed by atoms with E-state index in [0.717, 1.165) is 19.1 Å². The van der Waals surface area contributed by atoms with Crippen LogP contribution in [0, 0.1) is 0 Å². The molecule has 1 fully saturated rings. The SMILES string of the molecule is CN(C)C1CN(c2ncco2)C1. The number of oxazole rings is 1. The van der Waals surface area contributed by atoms with Gasteiger partial charge < -0.3 is 14.2 Å². The smallest absolute Gasteiger partial charge is 0.297 e. The first kappa shape index (κ1) is 7.61. The van der Waals surface area contributed by atoms with Crippen molar-refractivity contribution in [3.63, 3.8) is 0 Å². The van der Waals surface area contributed by atoms with Gasteiger partial charge in [0, 0.05) is 19.1 Å². The Bertz CT molecular complexity index is 239. The maximum absolute atomic E-state index is 5.16. The van der Waals surface area contributed by atoms with Crippen LogP contribution in [-0.4, -0.2) is 43.1 Å². The largest absolute Gasteiger partial charge is 0.432 e. The fraction of sp³-hybridized carbons (Fsp3) is 0.625. The number of anilines is 1. The minimum absolute atomic E-state index is 0.650. The third-order valence-corrected chi connectivity index (χ3v) is 2.28. The average Bonchev–Trinajstić information content (AvgIpc) is 2.34. The summed E-state index contributed by atoms with van der Waals surface area (Å²) < 4.78 is 5.16. The van der Waals surface area contributed by atoms with E-state index in [2.05, 4.69) is 28.9 Å². The van der Waals surface area contributed by atoms with Gasteiger partial charge in [0.25, 0.3) is 6.01 Å². The molecular weight excluding hydrogens is 154 g/mol. The van der Waals surface area contributed by atoms with Crippen molar-refractivity contribution in [1.29, 1.82) is 0 Å². The van der Waals surface area contributed by atoms with Crippen LogP contribution in [0.2, 0.25) is 0 Å². The van der Waals surface area contributed by atoms with Crippen LogP contribution < -0.4 is 4.90 Å². The number of hydrogen-bond acceptors (Lipinski definition) is 4. The van der Waals surface area contributed by atoms with Gasteiger partial charge in [-0.25, -0.2) is 4.98 Å². The zero-order chi connectivity index (χ0) is 8.55. The molecule has 0 unspecified atom stereocenters. The molecule has 1 aromatic rings. The van der Waals surface area contributed by atoms with E-state index in [1.165, 1.54) is 0 Å². The van der Waals surface area contributed by atoms with Crippen LogP contribution in [0.25, 0.3) is 0 Å². The molecular formula is C8H13N3O. The molecule has 2 rings (SSSR count). The van der Waals surface area contributed by atoms with Gasteiger partial charge in [0.1, 0.15) is 6.26 Å². The van der Waals surface area contributed by atoms with Crippen molar-refractivity contribution in [2.45, 2.75) is 6.04 Å². The molecule has 0 aliphatic carbocycles. The molecule has 1 aromatic heterocycles. The fourth-order valence-corrected chi connectivity index (χ4v) is 1.31. The lowest BCUT2D eigenvalue weighted by atomic mass is 10.1. The first-order chi connectivity index (χ1) is 5.77. The Morgan fingerprint density at radius 3 is 2.83 bits per heavy atom. The van der Waals surface area contributed by atoms with Crippen LogP contribution >= 0.6 is 0 Å². The lowest BCUT2D eigenvalue weighted by molar-refractivity contribution is 0.238. The highest BCUT2D eigenvalue weighted by Crippen LogP contribution is 2.19. The summed E-state index contributed by atoms with van der Waals surface area (Å²) in [7, 11) is 4.19. The Hall–Kier alpha value is -1.03. The molecule has 0 radical (unpaired) electrons. The summed E-state index contributed by atoms with van der Waals surface area (Å²) in [4.78, 5) is 8.42. The Kier molecular flexibility index (Phi) is 1.77. The van der Waals surface area contributed by atoms with Gasteiger partial charge in [0.15, 0.2) is 0 Å². The first-order valence-corrected chi connectivity index (χ1v) is 4.08. The van der Waals surface area contributed by atoms with Crippen LogP contribution in [0.3, 0.4) is 0 Å². The molecule has 0 amide bonds. The maximum atomic E-state index is 5.16. The minimum Gasteiger partial charge on any atom is -0.432 e. The van der Waals surface area contributed by atoms with Crippen LogP contribution in [0.4, 0.5) is 6.01 Å². The van der Waals surface area contributed by atoms with Crippen molar-refractivity contribution in [3.8, 4) is 0 Å². The number of hydrogen-bond donors (Lipinski definition) is 0. The van der Waals surface area contributed by atoms with Gasteiger partial charge in [-0.15, -0.1) is 0 Å². The number of aromatic nitrogens is 1. The molecule has 4 nitrogen and oxygen atoms in total. The number of nitrogens with zero attached hydrogens (tertiary/aromatic N) is 3. The van der Waals surface area contributed by atoms with Gasteiger partial charge in [0.2, 0.25) is 0 Å². The Labute approximate surface area is 71.8 Å². The molecule has 1 aliphatic heterocycles. The standard InChI is InChI=1S/C8H13N3O/c1-10(2)7-5-11(6-7)8-9-3-4-12-8/h3-4,7H,5-6H2,1-2H3. The second kappa shape index (κ2) is 2.79. The zero-order valence-corrected chi connectivity index (χ0v) is 7.40. The Morgan fingerprint density at radius 2 is 2.33 bits per heavy atom. The van der Waals surface area contributed by atoms with Crippen molar-refractivity contribution < 1.29 is 4.42 Å².